The highest BCUT2D eigenvalue weighted by Gasteiger charge is 2.53. The molecule has 2 aromatic carbocycles. The van der Waals surface area contributed by atoms with Crippen LogP contribution in [0.4, 0.5) is 0 Å². The van der Waals surface area contributed by atoms with Crippen LogP contribution in [0.2, 0.25) is 0 Å². The van der Waals surface area contributed by atoms with Crippen molar-refractivity contribution in [3.05, 3.63) is 85.2 Å². The molecule has 6 unspecified atom stereocenters. The highest BCUT2D eigenvalue weighted by Crippen LogP contribution is 2.46. The van der Waals surface area contributed by atoms with Crippen molar-refractivity contribution in [1.82, 2.24) is 21.1 Å². The number of rotatable bonds is 32. The minimum absolute atomic E-state index is 0.00940. The van der Waals surface area contributed by atoms with Crippen molar-refractivity contribution < 1.29 is 121 Å². The van der Waals surface area contributed by atoms with E-state index in [4.69, 9.17) is 56.9 Å². The third-order valence-corrected chi connectivity index (χ3v) is 24.6. The van der Waals surface area contributed by atoms with Crippen LogP contribution >= 0.6 is 55.9 Å². The van der Waals surface area contributed by atoms with Crippen molar-refractivity contribution in [2.24, 2.45) is 5.10 Å². The largest absolute Gasteiger partial charge is 0.495 e. The Hall–Kier alpha value is -5.63. The average molecular weight is 1680 g/mol. The first-order valence-corrected chi connectivity index (χ1v) is 39.5. The molecule has 8 rings (SSSR count). The third-order valence-electron chi connectivity index (χ3n) is 18.8. The fourth-order valence-electron chi connectivity index (χ4n) is 13.2. The molecule has 4 fully saturated rings. The second kappa shape index (κ2) is 40.2. The van der Waals surface area contributed by atoms with E-state index in [9.17, 15) is 64.5 Å². The number of aliphatic hydroxyl groups is 7. The molecule has 594 valence electrons. The summed E-state index contributed by atoms with van der Waals surface area (Å²) in [4.78, 5) is 87.6. The van der Waals surface area contributed by atoms with E-state index in [2.05, 4.69) is 45.0 Å². The van der Waals surface area contributed by atoms with Gasteiger partial charge in [-0.25, -0.2) is 5.43 Å². The number of likely N-dealkylation sites (N-methyl/N-ethyl adjacent to an activating group) is 1. The first kappa shape index (κ1) is 87.9. The molecule has 10 N–H and O–H groups in total. The molecule has 2 aliphatic carbocycles. The summed E-state index contributed by atoms with van der Waals surface area (Å²) in [5, 5.41) is 85.2. The number of nitrogens with zero attached hydrogens (tertiary/aromatic N) is 2. The van der Waals surface area contributed by atoms with E-state index in [1.165, 1.54) is 68.9 Å². The molecule has 6 aliphatic rings. The number of ether oxygens (including phenoxy) is 11. The minimum Gasteiger partial charge on any atom is -0.495 e. The number of halogens is 1. The van der Waals surface area contributed by atoms with E-state index in [1.807, 2.05) is 55.5 Å². The molecule has 3 amide bonds. The van der Waals surface area contributed by atoms with E-state index in [0.717, 1.165) is 17.3 Å². The van der Waals surface area contributed by atoms with Gasteiger partial charge in [0, 0.05) is 75.0 Å². The predicted molar refractivity (Wildman–Crippen MR) is 405 cm³/mol. The predicted octanol–water partition coefficient (Wildman–Crippen LogP) is 3.87. The lowest BCUT2D eigenvalue weighted by Crippen LogP contribution is -2.65. The Kier molecular flexibility index (Phi) is 32.7. The van der Waals surface area contributed by atoms with E-state index < -0.39 is 162 Å². The number of hydrogen-bond donors (Lipinski definition) is 10. The summed E-state index contributed by atoms with van der Waals surface area (Å²) in [5.41, 5.74) is 4.47. The highest BCUT2D eigenvalue weighted by atomic mass is 127. The molecule has 4 aliphatic heterocycles. The lowest BCUT2D eigenvalue weighted by Gasteiger charge is -2.47. The van der Waals surface area contributed by atoms with Gasteiger partial charge in [0.25, 0.3) is 0 Å². The number of benzene rings is 2. The number of hydrazone groups is 1. The summed E-state index contributed by atoms with van der Waals surface area (Å²) in [6.45, 7) is 15.6. The minimum atomic E-state index is -2.25. The number of aliphatic hydroxyl groups excluding tert-OH is 6. The molecule has 0 aromatic heterocycles. The van der Waals surface area contributed by atoms with Gasteiger partial charge in [-0.1, -0.05) is 63.1 Å². The van der Waals surface area contributed by atoms with Crippen LogP contribution in [0.25, 0.3) is 0 Å². The van der Waals surface area contributed by atoms with Crippen LogP contribution in [0, 0.1) is 34.2 Å². The first-order chi connectivity index (χ1) is 51.3. The topological polar surface area (TPSA) is 406 Å². The van der Waals surface area contributed by atoms with Crippen molar-refractivity contribution in [2.75, 3.05) is 53.4 Å². The Balaban J connectivity index is 1.02. The number of amides is 3. The second-order valence-corrected chi connectivity index (χ2v) is 32.4. The van der Waals surface area contributed by atoms with Gasteiger partial charge in [0.1, 0.15) is 66.3 Å². The Morgan fingerprint density at radius 3 is 2.23 bits per heavy atom. The molecular weight excluding hydrogens is 1580 g/mol. The van der Waals surface area contributed by atoms with Crippen LogP contribution in [0.15, 0.2) is 64.4 Å². The van der Waals surface area contributed by atoms with E-state index >= 15 is 0 Å². The zero-order valence-electron chi connectivity index (χ0n) is 62.4. The molecule has 0 radical (unpaired) electrons. The maximum atomic E-state index is 14.6. The molecule has 2 bridgehead atoms. The van der Waals surface area contributed by atoms with Crippen molar-refractivity contribution in [3.8, 4) is 40.9 Å². The smallest absolute Gasteiger partial charge is 0.250 e. The molecule has 4 heterocycles. The number of nitrogens with one attached hydrogen (secondary N) is 3. The standard InChI is InChI=1S/C74H98IN5O25S3/c1-14-80(43(8)84)48-36-98-55(31-52(48)94-11)103-68-63(90)60(79-105-56-30-49(85)69(42(7)99-56)107-70(92)57-38(3)59(75)66(46(34-81)65(57)95-12)104-71-64(91)67(96-13)62(89)41(6)101-71)40(5)100-72(68)102-51-21-17-15-16-18-27-74(93)32-50(86)61(76-54(88)35-82)58(51)47(74)26-29-106-108-73(9,10)33-53(87)78-77-39(4)44-22-24-45(25-23-44)97-28-19-20-37(2)83/h15-16,22-26,40-42,48-49,51-52,55-56,60,62-64,67-69,71-72,79,81-82,85,89-91,93H,14,19-20,28-36H2,1-13H3,(H,76,88)(H,78,87)/b16-15-,47-26+,77-39+/t40?,41?,42?,48-,49+,51?,52+,55-,56-,60-,62-,63-,64?,67-,68?,69-,71-,72-,74-/m0/s1. The Morgan fingerprint density at radius 1 is 0.870 bits per heavy atom. The maximum absolute atomic E-state index is 14.6. The van der Waals surface area contributed by atoms with Crippen molar-refractivity contribution in [1.29, 1.82) is 0 Å². The van der Waals surface area contributed by atoms with Gasteiger partial charge in [-0.2, -0.15) is 10.6 Å². The van der Waals surface area contributed by atoms with Crippen LogP contribution in [-0.2, 0) is 73.3 Å². The molecule has 4 saturated heterocycles. The maximum Gasteiger partial charge on any atom is 0.250 e. The van der Waals surface area contributed by atoms with Gasteiger partial charge in [0.2, 0.25) is 29.1 Å². The van der Waals surface area contributed by atoms with Gasteiger partial charge >= 0.3 is 0 Å². The Bertz CT molecular complexity index is 3790. The first-order valence-electron chi connectivity index (χ1n) is 35.2. The summed E-state index contributed by atoms with van der Waals surface area (Å²) >= 11 is 2.72. The van der Waals surface area contributed by atoms with Gasteiger partial charge in [-0.05, 0) is 139 Å². The van der Waals surface area contributed by atoms with Gasteiger partial charge in [-0.3, -0.25) is 28.8 Å². The SMILES string of the molecule is CCN(C(C)=O)[C@H]1CO[C@@H](OC2[C@H](OC3C#C/C=C\C#C[C@]4(O)CC(=O)C(NC(=O)CO)=C3/C4=C\CSSC(C)(C)CC(=O)N/N=C(\C)c3ccc(OCCCC(C)=O)cc3)OC(C)[C@H](NO[C@H]3C[C@@H](O)[C@@H](SC(=O)c4c(C)c(I)c(O[C@@H]5OC(C)[C@H](O)[C@H](OC)C5O)c(CO)c4OC)C(C)O3)[C@@H]2O)C[C@H]1OC. The third kappa shape index (κ3) is 22.0. The fraction of sp³-hybridized carbons (Fsp3) is 0.608. The molecule has 0 saturated carbocycles. The van der Waals surface area contributed by atoms with E-state index in [0.29, 0.717) is 46.6 Å². The molecule has 19 atom stereocenters. The number of carbonyl (C=O) groups is 6. The molecular formula is C74H98IN5O25S3. The van der Waals surface area contributed by atoms with Gasteiger partial charge in [0.15, 0.2) is 30.3 Å². The van der Waals surface area contributed by atoms with Crippen LogP contribution < -0.4 is 30.4 Å². The zero-order valence-corrected chi connectivity index (χ0v) is 67.0. The fourth-order valence-corrected chi connectivity index (χ4v) is 17.4. The van der Waals surface area contributed by atoms with Crippen LogP contribution in [0.5, 0.6) is 17.2 Å². The number of thioether (sulfide) groups is 1. The highest BCUT2D eigenvalue weighted by molar-refractivity contribution is 14.1. The molecule has 2 aromatic rings. The zero-order chi connectivity index (χ0) is 79.1. The number of Topliss-reactive ketones (excluding diaryl/α,β-unsaturated/α-hetero) is 2. The van der Waals surface area contributed by atoms with Crippen molar-refractivity contribution >= 4 is 96.1 Å². The van der Waals surface area contributed by atoms with E-state index in [1.54, 1.807) is 57.7 Å². The monoisotopic (exact) mass is 1680 g/mol. The average Bonchev–Trinajstić information content (AvgIpc) is 0.755. The second-order valence-electron chi connectivity index (χ2n) is 27.2. The summed E-state index contributed by atoms with van der Waals surface area (Å²) in [5.74, 6) is 9.85. The van der Waals surface area contributed by atoms with Crippen LogP contribution in [-0.4, -0.2) is 254 Å². The molecule has 30 nitrogen and oxygen atoms in total. The van der Waals surface area contributed by atoms with Gasteiger partial charge in [-0.15, -0.1) is 0 Å². The summed E-state index contributed by atoms with van der Waals surface area (Å²) in [7, 11) is 6.75. The van der Waals surface area contributed by atoms with Gasteiger partial charge in [0.05, 0.1) is 107 Å². The molecule has 0 spiro atoms. The lowest BCUT2D eigenvalue weighted by atomic mass is 9.75. The van der Waals surface area contributed by atoms with Gasteiger partial charge < -0.3 is 103 Å². The number of hydrogen-bond acceptors (Lipinski definition) is 30. The number of allylic oxidation sites excluding steroid dienone is 3. The summed E-state index contributed by atoms with van der Waals surface area (Å²) in [6, 6.07) is 5.42. The Morgan fingerprint density at radius 2 is 1.58 bits per heavy atom. The normalized spacial score (nSPS) is 30.8. The summed E-state index contributed by atoms with van der Waals surface area (Å²) < 4.78 is 67.2. The molecule has 108 heavy (non-hydrogen) atoms. The van der Waals surface area contributed by atoms with Crippen molar-refractivity contribution in [3.63, 3.8) is 0 Å². The number of carbonyl (C=O) groups excluding carboxylic acids is 6. The number of methoxy groups -OCH3 is 3. The summed E-state index contributed by atoms with van der Waals surface area (Å²) in [6.07, 6.45) is -14.2. The number of fused-ring (bicyclic) bond motifs is 2. The number of ketones is 2. The number of hydroxylamine groups is 1. The quantitative estimate of drug-likeness (QED) is 0.0124. The lowest BCUT2D eigenvalue weighted by molar-refractivity contribution is -0.337. The molecule has 34 heteroatoms. The van der Waals surface area contributed by atoms with Crippen LogP contribution in [0.3, 0.4) is 0 Å². The van der Waals surface area contributed by atoms with Crippen LogP contribution in [0.1, 0.15) is 128 Å². The van der Waals surface area contributed by atoms with E-state index in [-0.39, 0.29) is 83.0 Å². The van der Waals surface area contributed by atoms with Crippen molar-refractivity contribution in [2.45, 2.75) is 234 Å². The Labute approximate surface area is 653 Å².